The van der Waals surface area contributed by atoms with E-state index in [-0.39, 0.29) is 0 Å². The van der Waals surface area contributed by atoms with E-state index in [0.29, 0.717) is 5.41 Å². The molecule has 1 aliphatic carbocycles. The Labute approximate surface area is 117 Å². The smallest absolute Gasteiger partial charge is 0.0547 e. The van der Waals surface area contributed by atoms with Crippen molar-refractivity contribution in [3.05, 3.63) is 29.6 Å². The summed E-state index contributed by atoms with van der Waals surface area (Å²) in [5.74, 6) is 0. The highest BCUT2D eigenvalue weighted by molar-refractivity contribution is 5.09. The summed E-state index contributed by atoms with van der Waals surface area (Å²) in [7, 11) is 0. The molecule has 1 aromatic rings. The highest BCUT2D eigenvalue weighted by Gasteiger charge is 2.35. The van der Waals surface area contributed by atoms with Crippen molar-refractivity contribution in [1.29, 1.82) is 0 Å². The minimum Gasteiger partial charge on any atom is -0.330 e. The van der Waals surface area contributed by atoms with Crippen LogP contribution in [-0.2, 0) is 6.54 Å². The monoisotopic (exact) mass is 261 g/mol. The molecule has 0 amide bonds. The maximum Gasteiger partial charge on any atom is 0.0547 e. The van der Waals surface area contributed by atoms with Gasteiger partial charge in [-0.25, -0.2) is 0 Å². The predicted molar refractivity (Wildman–Crippen MR) is 79.9 cm³/mol. The molecule has 0 aromatic carbocycles. The van der Waals surface area contributed by atoms with Gasteiger partial charge in [-0.15, -0.1) is 0 Å². The van der Waals surface area contributed by atoms with Gasteiger partial charge in [-0.3, -0.25) is 9.88 Å². The van der Waals surface area contributed by atoms with Crippen LogP contribution in [0.1, 0.15) is 44.0 Å². The standard InChI is InChI=1S/C16H27N3/c1-3-19(11-10-16(13-17)8-5-9-16)12-15-7-4-6-14(2)18-15/h4,6-7H,3,5,8-13,17H2,1-2H3. The van der Waals surface area contributed by atoms with Gasteiger partial charge in [0.05, 0.1) is 5.69 Å². The zero-order chi connectivity index (χ0) is 13.7. The Kier molecular flexibility index (Phi) is 4.94. The minimum atomic E-state index is 0.452. The first-order valence-electron chi connectivity index (χ1n) is 7.52. The maximum absolute atomic E-state index is 5.94. The van der Waals surface area contributed by atoms with E-state index in [1.165, 1.54) is 31.4 Å². The van der Waals surface area contributed by atoms with E-state index in [0.717, 1.165) is 31.9 Å². The summed E-state index contributed by atoms with van der Waals surface area (Å²) in [5.41, 5.74) is 8.67. The summed E-state index contributed by atoms with van der Waals surface area (Å²) in [6, 6.07) is 6.27. The zero-order valence-electron chi connectivity index (χ0n) is 12.4. The van der Waals surface area contributed by atoms with Crippen molar-refractivity contribution in [3.63, 3.8) is 0 Å². The van der Waals surface area contributed by atoms with Crippen molar-refractivity contribution < 1.29 is 0 Å². The largest absolute Gasteiger partial charge is 0.330 e. The highest BCUT2D eigenvalue weighted by atomic mass is 15.1. The number of nitrogens with two attached hydrogens (primary N) is 1. The number of rotatable bonds is 7. The molecule has 1 saturated carbocycles. The van der Waals surface area contributed by atoms with Gasteiger partial charge >= 0.3 is 0 Å². The molecule has 19 heavy (non-hydrogen) atoms. The lowest BCUT2D eigenvalue weighted by molar-refractivity contribution is 0.105. The molecule has 0 bridgehead atoms. The molecule has 3 nitrogen and oxygen atoms in total. The number of hydrogen-bond acceptors (Lipinski definition) is 3. The van der Waals surface area contributed by atoms with E-state index in [1.54, 1.807) is 0 Å². The molecule has 0 atom stereocenters. The number of pyridine rings is 1. The lowest BCUT2D eigenvalue weighted by Crippen LogP contribution is -2.40. The summed E-state index contributed by atoms with van der Waals surface area (Å²) in [6.07, 6.45) is 5.25. The van der Waals surface area contributed by atoms with Crippen molar-refractivity contribution >= 4 is 0 Å². The number of hydrogen-bond donors (Lipinski definition) is 1. The Balaban J connectivity index is 1.86. The molecule has 0 saturated heterocycles. The fourth-order valence-electron chi connectivity index (χ4n) is 2.89. The molecule has 0 aliphatic heterocycles. The van der Waals surface area contributed by atoms with E-state index < -0.39 is 0 Å². The second kappa shape index (κ2) is 6.49. The molecule has 3 heteroatoms. The third-order valence-electron chi connectivity index (χ3n) is 4.58. The van der Waals surface area contributed by atoms with Gasteiger partial charge in [-0.2, -0.15) is 0 Å². The minimum absolute atomic E-state index is 0.452. The highest BCUT2D eigenvalue weighted by Crippen LogP contribution is 2.42. The Morgan fingerprint density at radius 2 is 2.16 bits per heavy atom. The quantitative estimate of drug-likeness (QED) is 0.820. The third kappa shape index (κ3) is 3.77. The van der Waals surface area contributed by atoms with Crippen LogP contribution in [0.3, 0.4) is 0 Å². The van der Waals surface area contributed by atoms with Crippen LogP contribution in [0.5, 0.6) is 0 Å². The molecule has 2 N–H and O–H groups in total. The first-order valence-corrected chi connectivity index (χ1v) is 7.52. The van der Waals surface area contributed by atoms with Crippen molar-refractivity contribution in [2.75, 3.05) is 19.6 Å². The lowest BCUT2D eigenvalue weighted by atomic mass is 9.66. The summed E-state index contributed by atoms with van der Waals surface area (Å²) >= 11 is 0. The Bertz CT molecular complexity index is 393. The molecule has 1 aromatic heterocycles. The van der Waals surface area contributed by atoms with Crippen molar-refractivity contribution in [1.82, 2.24) is 9.88 Å². The molecule has 106 valence electrons. The topological polar surface area (TPSA) is 42.1 Å². The van der Waals surface area contributed by atoms with E-state index in [1.807, 2.05) is 0 Å². The van der Waals surface area contributed by atoms with Crippen molar-refractivity contribution in [2.45, 2.75) is 46.1 Å². The Morgan fingerprint density at radius 1 is 1.37 bits per heavy atom. The SMILES string of the molecule is CCN(CCC1(CN)CCC1)Cc1cccc(C)n1. The second-order valence-electron chi connectivity index (χ2n) is 5.95. The van der Waals surface area contributed by atoms with Gasteiger partial charge in [0, 0.05) is 12.2 Å². The fraction of sp³-hybridized carbons (Fsp3) is 0.688. The first-order chi connectivity index (χ1) is 9.17. The van der Waals surface area contributed by atoms with Gasteiger partial charge in [-0.05, 0) is 63.4 Å². The Hall–Kier alpha value is -0.930. The van der Waals surface area contributed by atoms with Crippen molar-refractivity contribution in [2.24, 2.45) is 11.1 Å². The van der Waals surface area contributed by atoms with E-state index in [4.69, 9.17) is 5.73 Å². The van der Waals surface area contributed by atoms with Gasteiger partial charge in [0.1, 0.15) is 0 Å². The van der Waals surface area contributed by atoms with Crippen LogP contribution in [0.25, 0.3) is 0 Å². The molecule has 2 rings (SSSR count). The van der Waals surface area contributed by atoms with E-state index in [2.05, 4.69) is 41.9 Å². The average molecular weight is 261 g/mol. The van der Waals surface area contributed by atoms with Crippen LogP contribution in [0, 0.1) is 12.3 Å². The average Bonchev–Trinajstić information content (AvgIpc) is 2.36. The number of aromatic nitrogens is 1. The van der Waals surface area contributed by atoms with E-state index >= 15 is 0 Å². The molecular weight excluding hydrogens is 234 g/mol. The molecule has 0 spiro atoms. The third-order valence-corrected chi connectivity index (χ3v) is 4.58. The number of nitrogens with zero attached hydrogens (tertiary/aromatic N) is 2. The number of aryl methyl sites for hydroxylation is 1. The second-order valence-corrected chi connectivity index (χ2v) is 5.95. The summed E-state index contributed by atoms with van der Waals surface area (Å²) in [6.45, 7) is 8.31. The lowest BCUT2D eigenvalue weighted by Gasteiger charge is -2.42. The first kappa shape index (κ1) is 14.5. The predicted octanol–water partition coefficient (Wildman–Crippen LogP) is 2.73. The van der Waals surface area contributed by atoms with E-state index in [9.17, 15) is 0 Å². The zero-order valence-corrected chi connectivity index (χ0v) is 12.4. The van der Waals surface area contributed by atoms with Gasteiger partial charge in [-0.1, -0.05) is 19.4 Å². The Morgan fingerprint density at radius 3 is 2.68 bits per heavy atom. The molecule has 1 aliphatic rings. The summed E-state index contributed by atoms with van der Waals surface area (Å²) in [4.78, 5) is 7.08. The van der Waals surface area contributed by atoms with Crippen LogP contribution in [0.15, 0.2) is 18.2 Å². The van der Waals surface area contributed by atoms with Crippen LogP contribution in [0.4, 0.5) is 0 Å². The molecule has 0 unspecified atom stereocenters. The van der Waals surface area contributed by atoms with Crippen LogP contribution < -0.4 is 5.73 Å². The van der Waals surface area contributed by atoms with Gasteiger partial charge in [0.2, 0.25) is 0 Å². The summed E-state index contributed by atoms with van der Waals surface area (Å²) in [5, 5.41) is 0. The van der Waals surface area contributed by atoms with Gasteiger partial charge < -0.3 is 5.73 Å². The molecule has 0 radical (unpaired) electrons. The molecule has 1 heterocycles. The molecular formula is C16H27N3. The molecule has 1 fully saturated rings. The van der Waals surface area contributed by atoms with Crippen LogP contribution in [0.2, 0.25) is 0 Å². The van der Waals surface area contributed by atoms with Gasteiger partial charge in [0.15, 0.2) is 0 Å². The summed E-state index contributed by atoms with van der Waals surface area (Å²) < 4.78 is 0. The van der Waals surface area contributed by atoms with Gasteiger partial charge in [0.25, 0.3) is 0 Å². The fourth-order valence-corrected chi connectivity index (χ4v) is 2.89. The van der Waals surface area contributed by atoms with Crippen LogP contribution >= 0.6 is 0 Å². The van der Waals surface area contributed by atoms with Crippen LogP contribution in [-0.4, -0.2) is 29.5 Å². The van der Waals surface area contributed by atoms with Crippen molar-refractivity contribution in [3.8, 4) is 0 Å². The normalized spacial score (nSPS) is 17.5. The maximum atomic E-state index is 5.94.